The number of hydrogen-bond acceptors (Lipinski definition) is 5. The molecule has 1 aliphatic heterocycles. The van der Waals surface area contributed by atoms with Crippen LogP contribution >= 0.6 is 0 Å². The smallest absolute Gasteiger partial charge is 0.271 e. The van der Waals surface area contributed by atoms with E-state index in [1.807, 2.05) is 55.5 Å². The summed E-state index contributed by atoms with van der Waals surface area (Å²) in [4.78, 5) is 27.8. The number of anilines is 2. The van der Waals surface area contributed by atoms with Crippen molar-refractivity contribution in [3.05, 3.63) is 76.8 Å². The first-order valence-corrected chi connectivity index (χ1v) is 10.0. The Morgan fingerprint density at radius 2 is 1.70 bits per heavy atom. The number of nitro benzene ring substituents is 1. The lowest BCUT2D eigenvalue weighted by molar-refractivity contribution is -0.384. The van der Waals surface area contributed by atoms with Gasteiger partial charge in [0.15, 0.2) is 0 Å². The minimum absolute atomic E-state index is 0.0323. The maximum atomic E-state index is 12.9. The van der Waals surface area contributed by atoms with E-state index in [9.17, 15) is 14.9 Å². The summed E-state index contributed by atoms with van der Waals surface area (Å²) in [5, 5.41) is 16.2. The third-order valence-electron chi connectivity index (χ3n) is 5.69. The molecular formula is C23H24N4O3. The van der Waals surface area contributed by atoms with Gasteiger partial charge in [0.25, 0.3) is 5.69 Å². The SMILES string of the molecule is CC(C(=O)Nc1cccc2ccccc12)N1CCN(c2cccc([N+](=O)[O-])c2)CC1. The van der Waals surface area contributed by atoms with Crippen molar-refractivity contribution in [3.8, 4) is 0 Å². The molecule has 1 atom stereocenters. The van der Waals surface area contributed by atoms with Crippen LogP contribution in [0.3, 0.4) is 0 Å². The first kappa shape index (κ1) is 19.8. The van der Waals surface area contributed by atoms with Gasteiger partial charge in [-0.2, -0.15) is 0 Å². The summed E-state index contributed by atoms with van der Waals surface area (Å²) >= 11 is 0. The normalized spacial score (nSPS) is 15.7. The average molecular weight is 404 g/mol. The molecule has 3 aromatic carbocycles. The Bertz CT molecular complexity index is 1070. The molecule has 30 heavy (non-hydrogen) atoms. The van der Waals surface area contributed by atoms with Crippen LogP contribution in [-0.2, 0) is 4.79 Å². The number of nitro groups is 1. The lowest BCUT2D eigenvalue weighted by atomic mass is 10.1. The lowest BCUT2D eigenvalue weighted by Crippen LogP contribution is -2.52. The maximum Gasteiger partial charge on any atom is 0.271 e. The van der Waals surface area contributed by atoms with Gasteiger partial charge in [-0.3, -0.25) is 19.8 Å². The first-order chi connectivity index (χ1) is 14.5. The molecule has 154 valence electrons. The van der Waals surface area contributed by atoms with E-state index in [1.165, 1.54) is 6.07 Å². The van der Waals surface area contributed by atoms with Gasteiger partial charge in [-0.15, -0.1) is 0 Å². The fourth-order valence-electron chi connectivity index (χ4n) is 3.91. The number of fused-ring (bicyclic) bond motifs is 1. The van der Waals surface area contributed by atoms with Crippen molar-refractivity contribution in [2.45, 2.75) is 13.0 Å². The molecule has 7 heteroatoms. The number of piperazine rings is 1. The van der Waals surface area contributed by atoms with Gasteiger partial charge >= 0.3 is 0 Å². The molecule has 1 saturated heterocycles. The Kier molecular flexibility index (Phi) is 5.63. The maximum absolute atomic E-state index is 12.9. The van der Waals surface area contributed by atoms with Gasteiger partial charge in [0.2, 0.25) is 5.91 Å². The fourth-order valence-corrected chi connectivity index (χ4v) is 3.91. The highest BCUT2D eigenvalue weighted by Crippen LogP contribution is 2.25. The number of non-ortho nitro benzene ring substituents is 1. The zero-order chi connectivity index (χ0) is 21.1. The summed E-state index contributed by atoms with van der Waals surface area (Å²) in [6, 6.07) is 20.3. The highest BCUT2D eigenvalue weighted by atomic mass is 16.6. The minimum atomic E-state index is -0.376. The van der Waals surface area contributed by atoms with Gasteiger partial charge in [-0.05, 0) is 24.4 Å². The van der Waals surface area contributed by atoms with E-state index in [1.54, 1.807) is 12.1 Å². The number of nitrogens with zero attached hydrogens (tertiary/aromatic N) is 3. The summed E-state index contributed by atoms with van der Waals surface area (Å²) < 4.78 is 0. The van der Waals surface area contributed by atoms with Crippen LogP contribution in [-0.4, -0.2) is 48.0 Å². The molecule has 0 bridgehead atoms. The van der Waals surface area contributed by atoms with E-state index < -0.39 is 0 Å². The predicted molar refractivity (Wildman–Crippen MR) is 119 cm³/mol. The number of rotatable bonds is 5. The third kappa shape index (κ3) is 4.11. The predicted octanol–water partition coefficient (Wildman–Crippen LogP) is 3.90. The lowest BCUT2D eigenvalue weighted by Gasteiger charge is -2.38. The van der Waals surface area contributed by atoms with Crippen LogP contribution in [0.2, 0.25) is 0 Å². The average Bonchev–Trinajstić information content (AvgIpc) is 2.79. The molecule has 1 aliphatic rings. The van der Waals surface area contributed by atoms with Crippen LogP contribution in [0.15, 0.2) is 66.7 Å². The van der Waals surface area contributed by atoms with Crippen LogP contribution in [0, 0.1) is 10.1 Å². The van der Waals surface area contributed by atoms with E-state index in [0.717, 1.165) is 22.1 Å². The Morgan fingerprint density at radius 3 is 2.47 bits per heavy atom. The quantitative estimate of drug-likeness (QED) is 0.515. The van der Waals surface area contributed by atoms with Gasteiger partial charge in [-0.25, -0.2) is 0 Å². The molecule has 0 aromatic heterocycles. The van der Waals surface area contributed by atoms with E-state index in [0.29, 0.717) is 26.2 Å². The molecule has 7 nitrogen and oxygen atoms in total. The molecule has 1 fully saturated rings. The number of hydrogen-bond donors (Lipinski definition) is 1. The number of carbonyl (C=O) groups excluding carboxylic acids is 1. The second kappa shape index (κ2) is 8.51. The number of nitrogens with one attached hydrogen (secondary N) is 1. The van der Waals surface area contributed by atoms with Gasteiger partial charge < -0.3 is 10.2 Å². The second-order valence-electron chi connectivity index (χ2n) is 7.49. The number of amides is 1. The number of benzene rings is 3. The summed E-state index contributed by atoms with van der Waals surface area (Å²) in [6.45, 7) is 4.78. The molecule has 4 rings (SSSR count). The van der Waals surface area contributed by atoms with Gasteiger partial charge in [-0.1, -0.05) is 42.5 Å². The van der Waals surface area contributed by atoms with Crippen molar-refractivity contribution in [1.82, 2.24) is 4.90 Å². The van der Waals surface area contributed by atoms with Gasteiger partial charge in [0, 0.05) is 55.1 Å². The monoisotopic (exact) mass is 404 g/mol. The molecule has 1 N–H and O–H groups in total. The Morgan fingerprint density at radius 1 is 1.00 bits per heavy atom. The summed E-state index contributed by atoms with van der Waals surface area (Å²) in [5.74, 6) is -0.0323. The van der Waals surface area contributed by atoms with Crippen LogP contribution in [0.5, 0.6) is 0 Å². The minimum Gasteiger partial charge on any atom is -0.369 e. The third-order valence-corrected chi connectivity index (χ3v) is 5.69. The zero-order valence-electron chi connectivity index (χ0n) is 16.8. The molecule has 0 aliphatic carbocycles. The molecule has 0 spiro atoms. The summed E-state index contributed by atoms with van der Waals surface area (Å²) in [5.41, 5.74) is 1.76. The molecule has 1 heterocycles. The van der Waals surface area contributed by atoms with Crippen LogP contribution in [0.4, 0.5) is 17.1 Å². The van der Waals surface area contributed by atoms with E-state index >= 15 is 0 Å². The largest absolute Gasteiger partial charge is 0.369 e. The van der Waals surface area contributed by atoms with Crippen LogP contribution < -0.4 is 10.2 Å². The van der Waals surface area contributed by atoms with E-state index in [2.05, 4.69) is 15.1 Å². The van der Waals surface area contributed by atoms with Crippen molar-refractivity contribution in [2.24, 2.45) is 0 Å². The molecule has 3 aromatic rings. The first-order valence-electron chi connectivity index (χ1n) is 10.0. The molecule has 1 amide bonds. The molecule has 1 unspecified atom stereocenters. The summed E-state index contributed by atoms with van der Waals surface area (Å²) in [7, 11) is 0. The van der Waals surface area contributed by atoms with Crippen molar-refractivity contribution in [2.75, 3.05) is 36.4 Å². The van der Waals surface area contributed by atoms with E-state index in [4.69, 9.17) is 0 Å². The number of carbonyl (C=O) groups is 1. The Hall–Kier alpha value is -3.45. The van der Waals surface area contributed by atoms with Crippen molar-refractivity contribution in [1.29, 1.82) is 0 Å². The topological polar surface area (TPSA) is 78.7 Å². The standard InChI is InChI=1S/C23H24N4O3/c1-17(23(28)24-22-11-4-7-18-6-2-3-10-21(18)22)25-12-14-26(15-13-25)19-8-5-9-20(16-19)27(29)30/h2-11,16-17H,12-15H2,1H3,(H,24,28). The molecule has 0 saturated carbocycles. The van der Waals surface area contributed by atoms with Crippen molar-refractivity contribution >= 4 is 33.7 Å². The van der Waals surface area contributed by atoms with Crippen molar-refractivity contribution in [3.63, 3.8) is 0 Å². The Balaban J connectivity index is 1.39. The van der Waals surface area contributed by atoms with Crippen molar-refractivity contribution < 1.29 is 9.72 Å². The van der Waals surface area contributed by atoms with Gasteiger partial charge in [0.1, 0.15) is 0 Å². The second-order valence-corrected chi connectivity index (χ2v) is 7.49. The zero-order valence-corrected chi connectivity index (χ0v) is 16.8. The Labute approximate surface area is 175 Å². The molecule has 0 radical (unpaired) electrons. The highest BCUT2D eigenvalue weighted by Gasteiger charge is 2.26. The summed E-state index contributed by atoms with van der Waals surface area (Å²) in [6.07, 6.45) is 0. The molecular weight excluding hydrogens is 380 g/mol. The highest BCUT2D eigenvalue weighted by molar-refractivity contribution is 6.03. The van der Waals surface area contributed by atoms with Crippen LogP contribution in [0.1, 0.15) is 6.92 Å². The van der Waals surface area contributed by atoms with E-state index in [-0.39, 0.29) is 22.6 Å². The van der Waals surface area contributed by atoms with Crippen LogP contribution in [0.25, 0.3) is 10.8 Å². The fraction of sp³-hybridized carbons (Fsp3) is 0.261. The van der Waals surface area contributed by atoms with Gasteiger partial charge in [0.05, 0.1) is 11.0 Å².